The molecule has 2 aliphatic heterocycles. The molecule has 1 N–H and O–H groups in total. The fourth-order valence-corrected chi connectivity index (χ4v) is 4.34. The molecule has 152 valence electrons. The standard InChI is InChI=1S/C21H25N5O3/c1-24(2)13-19(27)23-17-6-7-18-15-9-14(11-26(18)21(17)29)10-25(12-15)20(28)16-5-3-4-8-22-16/h3-8,14-15H,9-13H2,1-2H3,(H,23,27). The van der Waals surface area contributed by atoms with Crippen molar-refractivity contribution >= 4 is 17.5 Å². The first-order valence-corrected chi connectivity index (χ1v) is 9.81. The van der Waals surface area contributed by atoms with Crippen molar-refractivity contribution in [3.63, 3.8) is 0 Å². The number of carbonyl (C=O) groups is 2. The molecule has 29 heavy (non-hydrogen) atoms. The Morgan fingerprint density at radius 2 is 2.00 bits per heavy atom. The SMILES string of the molecule is CN(C)CC(=O)Nc1ccc2n(c1=O)CC1CC2CN(C(=O)c2ccccn2)C1. The molecule has 0 radical (unpaired) electrons. The van der Waals surface area contributed by atoms with Crippen molar-refractivity contribution in [1.29, 1.82) is 0 Å². The second-order valence-electron chi connectivity index (χ2n) is 8.10. The van der Waals surface area contributed by atoms with Gasteiger partial charge in [-0.05, 0) is 50.7 Å². The number of hydrogen-bond acceptors (Lipinski definition) is 5. The molecule has 1 saturated heterocycles. The first kappa shape index (κ1) is 19.3. The Morgan fingerprint density at radius 1 is 1.17 bits per heavy atom. The zero-order chi connectivity index (χ0) is 20.5. The summed E-state index contributed by atoms with van der Waals surface area (Å²) >= 11 is 0. The van der Waals surface area contributed by atoms with Gasteiger partial charge in [-0.15, -0.1) is 0 Å². The lowest BCUT2D eigenvalue weighted by atomic mass is 9.83. The number of anilines is 1. The Bertz CT molecular complexity index is 986. The van der Waals surface area contributed by atoms with Gasteiger partial charge in [-0.3, -0.25) is 19.4 Å². The molecule has 4 heterocycles. The molecule has 8 heteroatoms. The molecular formula is C21H25N5O3. The number of nitrogens with one attached hydrogen (secondary N) is 1. The maximum absolute atomic E-state index is 12.9. The predicted octanol–water partition coefficient (Wildman–Crippen LogP) is 1.00. The Labute approximate surface area is 169 Å². The predicted molar refractivity (Wildman–Crippen MR) is 109 cm³/mol. The monoisotopic (exact) mass is 395 g/mol. The molecule has 2 bridgehead atoms. The van der Waals surface area contributed by atoms with Gasteiger partial charge >= 0.3 is 0 Å². The van der Waals surface area contributed by atoms with Crippen LogP contribution in [0.1, 0.15) is 28.5 Å². The van der Waals surface area contributed by atoms with Gasteiger partial charge in [0, 0.05) is 37.4 Å². The molecule has 2 aliphatic rings. The largest absolute Gasteiger partial charge is 0.336 e. The van der Waals surface area contributed by atoms with Crippen molar-refractivity contribution in [1.82, 2.24) is 19.4 Å². The van der Waals surface area contributed by atoms with Gasteiger partial charge in [-0.2, -0.15) is 0 Å². The smallest absolute Gasteiger partial charge is 0.274 e. The van der Waals surface area contributed by atoms with Crippen molar-refractivity contribution in [2.24, 2.45) is 5.92 Å². The lowest BCUT2D eigenvalue weighted by Crippen LogP contribution is -2.49. The Hall–Kier alpha value is -3.00. The molecule has 0 aliphatic carbocycles. The summed E-state index contributed by atoms with van der Waals surface area (Å²) in [5.41, 5.74) is 1.51. The summed E-state index contributed by atoms with van der Waals surface area (Å²) in [5.74, 6) is 0.0354. The molecule has 2 aromatic rings. The van der Waals surface area contributed by atoms with Gasteiger partial charge in [0.15, 0.2) is 0 Å². The number of aromatic nitrogens is 2. The number of fused-ring (bicyclic) bond motifs is 4. The summed E-state index contributed by atoms with van der Waals surface area (Å²) in [6.07, 6.45) is 2.58. The third-order valence-electron chi connectivity index (χ3n) is 5.51. The molecule has 2 aromatic heterocycles. The van der Waals surface area contributed by atoms with E-state index in [1.165, 1.54) is 0 Å². The lowest BCUT2D eigenvalue weighted by Gasteiger charge is -2.42. The molecule has 0 saturated carbocycles. The first-order chi connectivity index (χ1) is 13.9. The zero-order valence-corrected chi connectivity index (χ0v) is 16.7. The minimum absolute atomic E-state index is 0.0661. The van der Waals surface area contributed by atoms with Gasteiger partial charge in [0.05, 0.1) is 6.54 Å². The second kappa shape index (κ2) is 7.79. The van der Waals surface area contributed by atoms with E-state index in [-0.39, 0.29) is 35.8 Å². The van der Waals surface area contributed by atoms with Crippen LogP contribution >= 0.6 is 0 Å². The van der Waals surface area contributed by atoms with Crippen LogP contribution in [-0.2, 0) is 11.3 Å². The normalized spacial score (nSPS) is 20.3. The number of likely N-dealkylation sites (tertiary alicyclic amines) is 1. The maximum atomic E-state index is 12.9. The lowest BCUT2D eigenvalue weighted by molar-refractivity contribution is -0.116. The Kier molecular flexibility index (Phi) is 5.19. The van der Waals surface area contributed by atoms with Gasteiger partial charge in [0.1, 0.15) is 11.4 Å². The number of carbonyl (C=O) groups excluding carboxylic acids is 2. The minimum Gasteiger partial charge on any atom is -0.336 e. The van der Waals surface area contributed by atoms with E-state index in [1.54, 1.807) is 48.0 Å². The Balaban J connectivity index is 1.55. The maximum Gasteiger partial charge on any atom is 0.274 e. The van der Waals surface area contributed by atoms with Crippen LogP contribution in [0, 0.1) is 5.92 Å². The van der Waals surface area contributed by atoms with E-state index in [2.05, 4.69) is 10.3 Å². The highest BCUT2D eigenvalue weighted by Gasteiger charge is 2.37. The molecule has 0 aromatic carbocycles. The molecular weight excluding hydrogens is 370 g/mol. The number of amides is 2. The number of likely N-dealkylation sites (N-methyl/N-ethyl adjacent to an activating group) is 1. The van der Waals surface area contributed by atoms with Crippen LogP contribution in [0.4, 0.5) is 5.69 Å². The summed E-state index contributed by atoms with van der Waals surface area (Å²) in [5, 5.41) is 2.72. The van der Waals surface area contributed by atoms with Gasteiger partial charge in [0.2, 0.25) is 5.91 Å². The molecule has 0 spiro atoms. The summed E-state index contributed by atoms with van der Waals surface area (Å²) in [7, 11) is 3.61. The van der Waals surface area contributed by atoms with E-state index >= 15 is 0 Å². The number of nitrogens with zero attached hydrogens (tertiary/aromatic N) is 4. The van der Waals surface area contributed by atoms with Crippen LogP contribution in [0.2, 0.25) is 0 Å². The van der Waals surface area contributed by atoms with Crippen molar-refractivity contribution < 1.29 is 9.59 Å². The summed E-state index contributed by atoms with van der Waals surface area (Å²) in [6, 6.07) is 8.92. The van der Waals surface area contributed by atoms with Crippen LogP contribution in [0.15, 0.2) is 41.3 Å². The first-order valence-electron chi connectivity index (χ1n) is 9.81. The van der Waals surface area contributed by atoms with Gasteiger partial charge in [0.25, 0.3) is 11.5 Å². The average molecular weight is 395 g/mol. The quantitative estimate of drug-likeness (QED) is 0.835. The third kappa shape index (κ3) is 3.93. The van der Waals surface area contributed by atoms with Crippen LogP contribution in [0.5, 0.6) is 0 Å². The van der Waals surface area contributed by atoms with Crippen molar-refractivity contribution in [3.05, 3.63) is 58.3 Å². The van der Waals surface area contributed by atoms with E-state index < -0.39 is 0 Å². The summed E-state index contributed by atoms with van der Waals surface area (Å²) in [4.78, 5) is 45.6. The highest BCUT2D eigenvalue weighted by molar-refractivity contribution is 5.92. The summed E-state index contributed by atoms with van der Waals surface area (Å²) in [6.45, 7) is 1.94. The van der Waals surface area contributed by atoms with Crippen LogP contribution in [0.25, 0.3) is 0 Å². The highest BCUT2D eigenvalue weighted by Crippen LogP contribution is 2.35. The summed E-state index contributed by atoms with van der Waals surface area (Å²) < 4.78 is 1.77. The van der Waals surface area contributed by atoms with Crippen molar-refractivity contribution in [2.45, 2.75) is 18.9 Å². The number of pyridine rings is 2. The second-order valence-corrected chi connectivity index (χ2v) is 8.10. The molecule has 2 amide bonds. The van der Waals surface area contributed by atoms with Gasteiger partial charge < -0.3 is 19.7 Å². The Morgan fingerprint density at radius 3 is 2.72 bits per heavy atom. The molecule has 2 atom stereocenters. The van der Waals surface area contributed by atoms with Crippen LogP contribution in [-0.4, -0.2) is 64.9 Å². The fraction of sp³-hybridized carbons (Fsp3) is 0.429. The molecule has 2 unspecified atom stereocenters. The van der Waals surface area contributed by atoms with Gasteiger partial charge in [-0.1, -0.05) is 6.07 Å². The third-order valence-corrected chi connectivity index (χ3v) is 5.51. The zero-order valence-electron chi connectivity index (χ0n) is 16.7. The average Bonchev–Trinajstić information content (AvgIpc) is 2.70. The topological polar surface area (TPSA) is 87.5 Å². The molecule has 8 nitrogen and oxygen atoms in total. The number of piperidine rings is 1. The van der Waals surface area contributed by atoms with E-state index in [1.807, 2.05) is 17.0 Å². The number of hydrogen-bond donors (Lipinski definition) is 1. The van der Waals surface area contributed by atoms with E-state index in [4.69, 9.17) is 0 Å². The number of rotatable bonds is 4. The van der Waals surface area contributed by atoms with E-state index in [9.17, 15) is 14.4 Å². The van der Waals surface area contributed by atoms with Crippen molar-refractivity contribution in [3.8, 4) is 0 Å². The fourth-order valence-electron chi connectivity index (χ4n) is 4.34. The van der Waals surface area contributed by atoms with Crippen LogP contribution in [0.3, 0.4) is 0 Å². The molecule has 4 rings (SSSR count). The van der Waals surface area contributed by atoms with E-state index in [0.29, 0.717) is 31.0 Å². The minimum atomic E-state index is -0.212. The van der Waals surface area contributed by atoms with E-state index in [0.717, 1.165) is 12.1 Å². The molecule has 1 fully saturated rings. The highest BCUT2D eigenvalue weighted by atomic mass is 16.2. The van der Waals surface area contributed by atoms with Crippen molar-refractivity contribution in [2.75, 3.05) is 39.0 Å². The van der Waals surface area contributed by atoms with Gasteiger partial charge in [-0.25, -0.2) is 0 Å². The van der Waals surface area contributed by atoms with Crippen LogP contribution < -0.4 is 10.9 Å².